The van der Waals surface area contributed by atoms with Crippen molar-refractivity contribution in [2.24, 2.45) is 0 Å². The summed E-state index contributed by atoms with van der Waals surface area (Å²) in [5, 5.41) is 7.15. The van der Waals surface area contributed by atoms with Gasteiger partial charge in [-0.2, -0.15) is 9.61 Å². The van der Waals surface area contributed by atoms with Gasteiger partial charge in [-0.3, -0.25) is 0 Å². The smallest absolute Gasteiger partial charge is 0.407 e. The van der Waals surface area contributed by atoms with Crippen molar-refractivity contribution in [3.05, 3.63) is 16.2 Å². The maximum Gasteiger partial charge on any atom is 0.407 e. The van der Waals surface area contributed by atoms with Crippen LogP contribution in [-0.4, -0.2) is 45.4 Å². The number of carbonyl (C=O) groups is 1. The number of ether oxygens (including phenoxy) is 1. The van der Waals surface area contributed by atoms with E-state index in [0.29, 0.717) is 18.0 Å². The minimum Gasteiger partial charge on any atom is -0.444 e. The van der Waals surface area contributed by atoms with E-state index >= 15 is 0 Å². The standard InChI is InChI=1S/C16H23BrN6O2/c1-9-12(18)23-14(11(17)7-19-23)21-13(9)22-6-5-10(8-22)20-15(24)25-16(2,3)4/h7,10H,5-6,8,18H2,1-4H3,(H,20,24)/t10-/m0/s1. The maximum atomic E-state index is 12.0. The van der Waals surface area contributed by atoms with Gasteiger partial charge in [-0.15, -0.1) is 0 Å². The first-order valence-electron chi connectivity index (χ1n) is 8.19. The first-order chi connectivity index (χ1) is 11.7. The molecule has 1 saturated heterocycles. The largest absolute Gasteiger partial charge is 0.444 e. The van der Waals surface area contributed by atoms with E-state index in [1.807, 2.05) is 27.7 Å². The Bertz CT molecular complexity index is 813. The Balaban J connectivity index is 1.76. The number of nitrogen functional groups attached to an aromatic ring is 1. The van der Waals surface area contributed by atoms with Crippen molar-refractivity contribution in [3.8, 4) is 0 Å². The van der Waals surface area contributed by atoms with E-state index in [0.717, 1.165) is 28.8 Å². The Morgan fingerprint density at radius 1 is 1.48 bits per heavy atom. The second-order valence-electron chi connectivity index (χ2n) is 7.25. The van der Waals surface area contributed by atoms with E-state index in [-0.39, 0.29) is 6.04 Å². The Morgan fingerprint density at radius 3 is 2.88 bits per heavy atom. The van der Waals surface area contributed by atoms with Crippen LogP contribution in [0.2, 0.25) is 0 Å². The van der Waals surface area contributed by atoms with Gasteiger partial charge in [0.2, 0.25) is 0 Å². The number of nitrogens with one attached hydrogen (secondary N) is 1. The number of hydrogen-bond acceptors (Lipinski definition) is 6. The van der Waals surface area contributed by atoms with Gasteiger partial charge in [0.1, 0.15) is 17.2 Å². The van der Waals surface area contributed by atoms with Crippen molar-refractivity contribution < 1.29 is 9.53 Å². The fourth-order valence-corrected chi connectivity index (χ4v) is 3.26. The molecule has 0 aromatic carbocycles. The van der Waals surface area contributed by atoms with Gasteiger partial charge >= 0.3 is 6.09 Å². The topological polar surface area (TPSA) is 97.8 Å². The minimum absolute atomic E-state index is 0.0156. The zero-order valence-electron chi connectivity index (χ0n) is 14.8. The summed E-state index contributed by atoms with van der Waals surface area (Å²) >= 11 is 3.45. The molecule has 0 unspecified atom stereocenters. The molecular weight excluding hydrogens is 388 g/mol. The SMILES string of the molecule is Cc1c(N2CC[C@H](NC(=O)OC(C)(C)C)C2)nc2c(Br)cnn2c1N. The summed E-state index contributed by atoms with van der Waals surface area (Å²) in [6.45, 7) is 8.93. The van der Waals surface area contributed by atoms with Crippen molar-refractivity contribution in [2.45, 2.75) is 45.8 Å². The number of nitrogens with zero attached hydrogens (tertiary/aromatic N) is 4. The van der Waals surface area contributed by atoms with Gasteiger partial charge in [0.05, 0.1) is 16.7 Å². The molecule has 1 fully saturated rings. The fourth-order valence-electron chi connectivity index (χ4n) is 2.91. The van der Waals surface area contributed by atoms with Crippen molar-refractivity contribution in [2.75, 3.05) is 23.7 Å². The molecular formula is C16H23BrN6O2. The Morgan fingerprint density at radius 2 is 2.20 bits per heavy atom. The third-order valence-electron chi connectivity index (χ3n) is 4.07. The number of aromatic nitrogens is 3. The molecule has 0 spiro atoms. The van der Waals surface area contributed by atoms with Crippen molar-refractivity contribution in [1.82, 2.24) is 19.9 Å². The molecule has 1 aliphatic heterocycles. The Labute approximate surface area is 154 Å². The quantitative estimate of drug-likeness (QED) is 0.788. The van der Waals surface area contributed by atoms with E-state index in [4.69, 9.17) is 15.5 Å². The lowest BCUT2D eigenvalue weighted by Gasteiger charge is -2.23. The fraction of sp³-hybridized carbons (Fsp3) is 0.562. The molecule has 3 heterocycles. The van der Waals surface area contributed by atoms with Crippen LogP contribution in [0.4, 0.5) is 16.4 Å². The highest BCUT2D eigenvalue weighted by atomic mass is 79.9. The molecule has 2 aromatic heterocycles. The lowest BCUT2D eigenvalue weighted by Crippen LogP contribution is -2.40. The van der Waals surface area contributed by atoms with Crippen molar-refractivity contribution in [1.29, 1.82) is 0 Å². The predicted octanol–water partition coefficient (Wildman–Crippen LogP) is 2.49. The van der Waals surface area contributed by atoms with Crippen LogP contribution in [0.5, 0.6) is 0 Å². The van der Waals surface area contributed by atoms with Crippen LogP contribution in [0.15, 0.2) is 10.7 Å². The number of rotatable bonds is 2. The molecule has 136 valence electrons. The second kappa shape index (κ2) is 6.36. The first kappa shape index (κ1) is 17.8. The Hall–Kier alpha value is -2.03. The van der Waals surface area contributed by atoms with Crippen LogP contribution < -0.4 is 16.0 Å². The number of amides is 1. The Kier molecular flexibility index (Phi) is 4.52. The van der Waals surface area contributed by atoms with Crippen LogP contribution in [0, 0.1) is 6.92 Å². The van der Waals surface area contributed by atoms with Crippen LogP contribution in [0.25, 0.3) is 5.65 Å². The number of fused-ring (bicyclic) bond motifs is 1. The molecule has 8 nitrogen and oxygen atoms in total. The molecule has 2 aromatic rings. The number of nitrogens with two attached hydrogens (primary N) is 1. The number of carbonyl (C=O) groups excluding carboxylic acids is 1. The van der Waals surface area contributed by atoms with E-state index in [1.165, 1.54) is 0 Å². The van der Waals surface area contributed by atoms with Crippen LogP contribution in [0.1, 0.15) is 32.8 Å². The van der Waals surface area contributed by atoms with Gasteiger partial charge < -0.3 is 20.7 Å². The lowest BCUT2D eigenvalue weighted by atomic mass is 10.2. The van der Waals surface area contributed by atoms with Gasteiger partial charge in [0.15, 0.2) is 5.65 Å². The van der Waals surface area contributed by atoms with Gasteiger partial charge in [0, 0.05) is 18.7 Å². The number of hydrogen-bond donors (Lipinski definition) is 2. The molecule has 0 radical (unpaired) electrons. The summed E-state index contributed by atoms with van der Waals surface area (Å²) in [5.74, 6) is 1.38. The van der Waals surface area contributed by atoms with Gasteiger partial charge in [-0.05, 0) is 50.0 Å². The zero-order chi connectivity index (χ0) is 18.4. The lowest BCUT2D eigenvalue weighted by molar-refractivity contribution is 0.0509. The highest BCUT2D eigenvalue weighted by Crippen LogP contribution is 2.29. The molecule has 0 aliphatic carbocycles. The minimum atomic E-state index is -0.506. The summed E-state index contributed by atoms with van der Waals surface area (Å²) in [7, 11) is 0. The number of alkyl carbamates (subject to hydrolysis) is 1. The predicted molar refractivity (Wildman–Crippen MR) is 99.8 cm³/mol. The molecule has 25 heavy (non-hydrogen) atoms. The number of halogens is 1. The highest BCUT2D eigenvalue weighted by molar-refractivity contribution is 9.10. The van der Waals surface area contributed by atoms with Crippen molar-refractivity contribution in [3.63, 3.8) is 0 Å². The summed E-state index contributed by atoms with van der Waals surface area (Å²) < 4.78 is 7.74. The third kappa shape index (κ3) is 3.65. The summed E-state index contributed by atoms with van der Waals surface area (Å²) in [4.78, 5) is 18.8. The molecule has 0 saturated carbocycles. The summed E-state index contributed by atoms with van der Waals surface area (Å²) in [6.07, 6.45) is 2.11. The van der Waals surface area contributed by atoms with Gasteiger partial charge in [-0.1, -0.05) is 0 Å². The molecule has 1 atom stereocenters. The number of anilines is 2. The van der Waals surface area contributed by atoms with Gasteiger partial charge in [-0.25, -0.2) is 9.78 Å². The second-order valence-corrected chi connectivity index (χ2v) is 8.11. The maximum absolute atomic E-state index is 12.0. The molecule has 3 N–H and O–H groups in total. The normalized spacial score (nSPS) is 18.0. The van der Waals surface area contributed by atoms with Crippen LogP contribution >= 0.6 is 15.9 Å². The van der Waals surface area contributed by atoms with E-state index in [2.05, 4.69) is 31.2 Å². The zero-order valence-corrected chi connectivity index (χ0v) is 16.4. The molecule has 0 bridgehead atoms. The van der Waals surface area contributed by atoms with E-state index in [1.54, 1.807) is 10.7 Å². The van der Waals surface area contributed by atoms with Gasteiger partial charge in [0.25, 0.3) is 0 Å². The van der Waals surface area contributed by atoms with E-state index in [9.17, 15) is 4.79 Å². The highest BCUT2D eigenvalue weighted by Gasteiger charge is 2.28. The third-order valence-corrected chi connectivity index (χ3v) is 4.63. The molecule has 1 aliphatic rings. The monoisotopic (exact) mass is 410 g/mol. The summed E-state index contributed by atoms with van der Waals surface area (Å²) in [5.41, 5.74) is 7.26. The average Bonchev–Trinajstić information content (AvgIpc) is 3.08. The van der Waals surface area contributed by atoms with E-state index < -0.39 is 11.7 Å². The molecule has 1 amide bonds. The summed E-state index contributed by atoms with van der Waals surface area (Å²) in [6, 6.07) is 0.0156. The van der Waals surface area contributed by atoms with Crippen molar-refractivity contribution >= 4 is 39.3 Å². The molecule has 3 rings (SSSR count). The molecule has 9 heteroatoms. The first-order valence-corrected chi connectivity index (χ1v) is 8.99. The van der Waals surface area contributed by atoms with Crippen LogP contribution in [0.3, 0.4) is 0 Å². The average molecular weight is 411 g/mol. The van der Waals surface area contributed by atoms with Crippen LogP contribution in [-0.2, 0) is 4.74 Å².